The lowest BCUT2D eigenvalue weighted by Gasteiger charge is -2.16. The van der Waals surface area contributed by atoms with Gasteiger partial charge in [-0.2, -0.15) is 0 Å². The van der Waals surface area contributed by atoms with Gasteiger partial charge in [0, 0.05) is 25.4 Å². The molecule has 1 heterocycles. The van der Waals surface area contributed by atoms with Gasteiger partial charge in [0.15, 0.2) is 5.96 Å². The van der Waals surface area contributed by atoms with Gasteiger partial charge in [0.2, 0.25) is 5.88 Å². The van der Waals surface area contributed by atoms with Gasteiger partial charge in [0.05, 0.1) is 6.54 Å². The second-order valence-corrected chi connectivity index (χ2v) is 5.79. The average molecular weight is 438 g/mol. The Balaban J connectivity index is 0.00000208. The highest BCUT2D eigenvalue weighted by Gasteiger charge is 2.27. The van der Waals surface area contributed by atoms with Crippen LogP contribution in [-0.2, 0) is 13.2 Å². The summed E-state index contributed by atoms with van der Waals surface area (Å²) in [5, 5.41) is 0. The van der Waals surface area contributed by atoms with Crippen molar-refractivity contribution in [3.05, 3.63) is 59.8 Å². The van der Waals surface area contributed by atoms with E-state index in [0.29, 0.717) is 31.0 Å². The summed E-state index contributed by atoms with van der Waals surface area (Å²) in [7, 11) is 2.00. The molecule has 1 saturated carbocycles. The number of aromatic nitrogens is 1. The van der Waals surface area contributed by atoms with E-state index >= 15 is 0 Å². The fraction of sp³-hybridized carbons (Fsp3) is 0.333. The van der Waals surface area contributed by atoms with E-state index in [-0.39, 0.29) is 24.0 Å². The zero-order valence-electron chi connectivity index (χ0n) is 13.8. The van der Waals surface area contributed by atoms with Crippen molar-refractivity contribution in [1.29, 1.82) is 0 Å². The summed E-state index contributed by atoms with van der Waals surface area (Å²) >= 11 is 0. The van der Waals surface area contributed by atoms with E-state index in [9.17, 15) is 0 Å². The van der Waals surface area contributed by atoms with Gasteiger partial charge in [-0.1, -0.05) is 30.3 Å². The number of hydrogen-bond acceptors (Lipinski definition) is 3. The average Bonchev–Trinajstić information content (AvgIpc) is 3.43. The number of rotatable bonds is 6. The monoisotopic (exact) mass is 438 g/mol. The standard InChI is InChI=1S/C18H22N4O.HI/c1-22(16-7-8-16)18(19)21-12-15-9-10-20-17(11-15)23-13-14-5-3-2-4-6-14;/h2-6,9-11,16H,7-8,12-13H2,1H3,(H2,19,21);1H. The fourth-order valence-corrected chi connectivity index (χ4v) is 2.29. The lowest BCUT2D eigenvalue weighted by molar-refractivity contribution is 0.293. The molecule has 0 unspecified atom stereocenters. The first-order valence-corrected chi connectivity index (χ1v) is 7.87. The SMILES string of the molecule is CN(C(N)=NCc1ccnc(OCc2ccccc2)c1)C1CC1.I. The summed E-state index contributed by atoms with van der Waals surface area (Å²) in [6, 6.07) is 14.5. The summed E-state index contributed by atoms with van der Waals surface area (Å²) in [5.41, 5.74) is 8.16. The number of guanidine groups is 1. The number of benzene rings is 1. The second-order valence-electron chi connectivity index (χ2n) is 5.79. The molecule has 6 heteroatoms. The van der Waals surface area contributed by atoms with Crippen LogP contribution < -0.4 is 10.5 Å². The van der Waals surface area contributed by atoms with Crippen molar-refractivity contribution in [1.82, 2.24) is 9.88 Å². The second kappa shape index (κ2) is 8.86. The number of ether oxygens (including phenoxy) is 1. The molecule has 1 aromatic carbocycles. The minimum Gasteiger partial charge on any atom is -0.473 e. The Labute approximate surface area is 160 Å². The quantitative estimate of drug-likeness (QED) is 0.428. The van der Waals surface area contributed by atoms with E-state index in [1.165, 1.54) is 12.8 Å². The van der Waals surface area contributed by atoms with E-state index in [2.05, 4.69) is 9.98 Å². The molecule has 1 aliphatic carbocycles. The molecular formula is C18H23IN4O. The van der Waals surface area contributed by atoms with Crippen LogP contribution in [-0.4, -0.2) is 28.9 Å². The summed E-state index contributed by atoms with van der Waals surface area (Å²) in [5.74, 6) is 1.20. The Hall–Kier alpha value is -1.83. The van der Waals surface area contributed by atoms with Crippen LogP contribution in [0.1, 0.15) is 24.0 Å². The highest BCUT2D eigenvalue weighted by molar-refractivity contribution is 14.0. The normalized spacial score (nSPS) is 14.0. The van der Waals surface area contributed by atoms with Gasteiger partial charge in [-0.25, -0.2) is 9.98 Å². The summed E-state index contributed by atoms with van der Waals surface area (Å²) in [6.45, 7) is 1.04. The molecule has 0 atom stereocenters. The maximum atomic E-state index is 6.01. The molecule has 0 radical (unpaired) electrons. The molecule has 5 nitrogen and oxygen atoms in total. The Morgan fingerprint density at radius 2 is 2.00 bits per heavy atom. The fourth-order valence-electron chi connectivity index (χ4n) is 2.29. The van der Waals surface area contributed by atoms with Crippen molar-refractivity contribution >= 4 is 29.9 Å². The molecule has 2 N–H and O–H groups in total. The molecular weight excluding hydrogens is 415 g/mol. The Bertz CT molecular complexity index is 674. The van der Waals surface area contributed by atoms with Gasteiger partial charge in [-0.05, 0) is 30.0 Å². The first-order chi connectivity index (χ1) is 11.2. The number of pyridine rings is 1. The van der Waals surface area contributed by atoms with E-state index in [4.69, 9.17) is 10.5 Å². The predicted molar refractivity (Wildman–Crippen MR) is 107 cm³/mol. The Kier molecular flexibility index (Phi) is 6.84. The van der Waals surface area contributed by atoms with Gasteiger partial charge < -0.3 is 15.4 Å². The van der Waals surface area contributed by atoms with Crippen molar-refractivity contribution < 1.29 is 4.74 Å². The number of aliphatic imine (C=N–C) groups is 1. The summed E-state index contributed by atoms with van der Waals surface area (Å²) < 4.78 is 5.73. The van der Waals surface area contributed by atoms with Gasteiger partial charge >= 0.3 is 0 Å². The van der Waals surface area contributed by atoms with Crippen LogP contribution in [0.4, 0.5) is 0 Å². The van der Waals surface area contributed by atoms with Crippen molar-refractivity contribution in [2.24, 2.45) is 10.7 Å². The van der Waals surface area contributed by atoms with Gasteiger partial charge in [-0.3, -0.25) is 0 Å². The third-order valence-corrected chi connectivity index (χ3v) is 3.91. The molecule has 0 amide bonds. The van der Waals surface area contributed by atoms with Crippen LogP contribution in [0.2, 0.25) is 0 Å². The molecule has 0 saturated heterocycles. The lowest BCUT2D eigenvalue weighted by Crippen LogP contribution is -2.35. The Morgan fingerprint density at radius 3 is 2.71 bits per heavy atom. The molecule has 128 valence electrons. The van der Waals surface area contributed by atoms with E-state index < -0.39 is 0 Å². The van der Waals surface area contributed by atoms with E-state index in [1.54, 1.807) is 6.20 Å². The zero-order chi connectivity index (χ0) is 16.1. The lowest BCUT2D eigenvalue weighted by atomic mass is 10.2. The first kappa shape index (κ1) is 18.5. The van der Waals surface area contributed by atoms with Crippen LogP contribution in [0, 0.1) is 0 Å². The van der Waals surface area contributed by atoms with Gasteiger partial charge in [-0.15, -0.1) is 24.0 Å². The largest absolute Gasteiger partial charge is 0.473 e. The third-order valence-electron chi connectivity index (χ3n) is 3.91. The van der Waals surface area contributed by atoms with Crippen molar-refractivity contribution in [3.8, 4) is 5.88 Å². The van der Waals surface area contributed by atoms with Gasteiger partial charge in [0.1, 0.15) is 6.61 Å². The third kappa shape index (κ3) is 5.36. The van der Waals surface area contributed by atoms with Crippen LogP contribution in [0.5, 0.6) is 5.88 Å². The van der Waals surface area contributed by atoms with Crippen molar-refractivity contribution in [2.75, 3.05) is 7.05 Å². The molecule has 0 spiro atoms. The van der Waals surface area contributed by atoms with Crippen molar-refractivity contribution in [3.63, 3.8) is 0 Å². The molecule has 2 aromatic rings. The predicted octanol–water partition coefficient (Wildman–Crippen LogP) is 3.19. The van der Waals surface area contributed by atoms with Gasteiger partial charge in [0.25, 0.3) is 0 Å². The number of halogens is 1. The van der Waals surface area contributed by atoms with Crippen LogP contribution in [0.15, 0.2) is 53.7 Å². The first-order valence-electron chi connectivity index (χ1n) is 7.87. The molecule has 24 heavy (non-hydrogen) atoms. The zero-order valence-corrected chi connectivity index (χ0v) is 16.1. The Morgan fingerprint density at radius 1 is 1.25 bits per heavy atom. The smallest absolute Gasteiger partial charge is 0.213 e. The topological polar surface area (TPSA) is 63.7 Å². The minimum absolute atomic E-state index is 0. The molecule has 1 fully saturated rings. The highest BCUT2D eigenvalue weighted by Crippen LogP contribution is 2.25. The minimum atomic E-state index is 0. The molecule has 1 aliphatic rings. The van der Waals surface area contributed by atoms with Crippen LogP contribution >= 0.6 is 24.0 Å². The highest BCUT2D eigenvalue weighted by atomic mass is 127. The van der Waals surface area contributed by atoms with E-state index in [0.717, 1.165) is 11.1 Å². The van der Waals surface area contributed by atoms with Crippen molar-refractivity contribution in [2.45, 2.75) is 32.0 Å². The maximum Gasteiger partial charge on any atom is 0.213 e. The van der Waals surface area contributed by atoms with E-state index in [1.807, 2.05) is 54.4 Å². The van der Waals surface area contributed by atoms with Crippen LogP contribution in [0.3, 0.4) is 0 Å². The molecule has 0 bridgehead atoms. The number of nitrogens with zero attached hydrogens (tertiary/aromatic N) is 3. The maximum absolute atomic E-state index is 6.01. The number of hydrogen-bond donors (Lipinski definition) is 1. The molecule has 1 aromatic heterocycles. The molecule has 3 rings (SSSR count). The summed E-state index contributed by atoms with van der Waals surface area (Å²) in [4.78, 5) is 10.7. The summed E-state index contributed by atoms with van der Waals surface area (Å²) in [6.07, 6.45) is 4.16. The number of nitrogens with two attached hydrogens (primary N) is 1. The molecule has 0 aliphatic heterocycles. The van der Waals surface area contributed by atoms with Crippen LogP contribution in [0.25, 0.3) is 0 Å².